The molecule has 1 heterocycles. The van der Waals surface area contributed by atoms with Crippen LogP contribution in [-0.2, 0) is 4.79 Å². The van der Waals surface area contributed by atoms with Gasteiger partial charge in [0.1, 0.15) is 18.4 Å². The topological polar surface area (TPSA) is 73.6 Å². The lowest BCUT2D eigenvalue weighted by Gasteiger charge is -2.34. The summed E-state index contributed by atoms with van der Waals surface area (Å²) in [7, 11) is 0. The molecule has 2 aromatic rings. The summed E-state index contributed by atoms with van der Waals surface area (Å²) in [6.07, 6.45) is 0. The van der Waals surface area contributed by atoms with E-state index in [0.29, 0.717) is 11.3 Å². The first-order valence-electron chi connectivity index (χ1n) is 8.13. The first kappa shape index (κ1) is 18.3. The molecule has 2 aromatic carbocycles. The van der Waals surface area contributed by atoms with Gasteiger partial charge in [-0.2, -0.15) is 14.0 Å². The van der Waals surface area contributed by atoms with Gasteiger partial charge in [-0.05, 0) is 30.3 Å². The molecule has 0 spiro atoms. The molecule has 1 fully saturated rings. The smallest absolute Gasteiger partial charge is 0.387 e. The maximum Gasteiger partial charge on any atom is 0.387 e. The summed E-state index contributed by atoms with van der Waals surface area (Å²) in [5.74, 6) is -0.891. The summed E-state index contributed by atoms with van der Waals surface area (Å²) >= 11 is 0. The number of ether oxygens (including phenoxy) is 1. The highest BCUT2D eigenvalue weighted by Crippen LogP contribution is 2.23. The van der Waals surface area contributed by atoms with E-state index in [1.807, 2.05) is 6.07 Å². The molecule has 6 nitrogen and oxygen atoms in total. The molecule has 0 aliphatic carbocycles. The third kappa shape index (κ3) is 4.03. The van der Waals surface area contributed by atoms with Crippen molar-refractivity contribution in [2.75, 3.05) is 24.5 Å². The van der Waals surface area contributed by atoms with Gasteiger partial charge >= 0.3 is 6.61 Å². The van der Waals surface area contributed by atoms with Gasteiger partial charge in [-0.3, -0.25) is 9.59 Å². The first-order chi connectivity index (χ1) is 13.0. The fourth-order valence-electron chi connectivity index (χ4n) is 2.89. The number of rotatable bonds is 4. The number of amides is 2. The molecule has 138 valence electrons. The van der Waals surface area contributed by atoms with Gasteiger partial charge in [0, 0.05) is 18.7 Å². The average molecular weight is 371 g/mol. The zero-order chi connectivity index (χ0) is 19.4. The van der Waals surface area contributed by atoms with Crippen molar-refractivity contribution in [1.82, 2.24) is 4.90 Å². The maximum absolute atomic E-state index is 12.6. The highest BCUT2D eigenvalue weighted by Gasteiger charge is 2.29. The summed E-state index contributed by atoms with van der Waals surface area (Å²) < 4.78 is 29.0. The van der Waals surface area contributed by atoms with E-state index in [2.05, 4.69) is 4.74 Å². The predicted molar refractivity (Wildman–Crippen MR) is 92.5 cm³/mol. The Morgan fingerprint density at radius 2 is 1.93 bits per heavy atom. The molecule has 0 saturated carbocycles. The summed E-state index contributed by atoms with van der Waals surface area (Å²) in [4.78, 5) is 27.9. The molecule has 1 aliphatic heterocycles. The van der Waals surface area contributed by atoms with E-state index in [4.69, 9.17) is 0 Å². The Kier molecular flexibility index (Phi) is 5.31. The number of anilines is 1. The molecule has 8 heteroatoms. The van der Waals surface area contributed by atoms with Gasteiger partial charge in [0.2, 0.25) is 5.91 Å². The number of carbonyl (C=O) groups is 2. The van der Waals surface area contributed by atoms with Crippen LogP contribution in [0.25, 0.3) is 0 Å². The summed E-state index contributed by atoms with van der Waals surface area (Å²) in [5, 5.41) is 9.19. The molecule has 1 saturated heterocycles. The van der Waals surface area contributed by atoms with Crippen LogP contribution in [0.4, 0.5) is 14.5 Å². The molecule has 0 atom stereocenters. The van der Waals surface area contributed by atoms with Crippen LogP contribution in [0, 0.1) is 11.3 Å². The molecule has 0 aromatic heterocycles. The molecule has 0 unspecified atom stereocenters. The lowest BCUT2D eigenvalue weighted by molar-refractivity contribution is -0.120. The van der Waals surface area contributed by atoms with Gasteiger partial charge < -0.3 is 14.5 Å². The van der Waals surface area contributed by atoms with Gasteiger partial charge in [0.15, 0.2) is 0 Å². The van der Waals surface area contributed by atoms with Crippen molar-refractivity contribution in [2.45, 2.75) is 6.61 Å². The van der Waals surface area contributed by atoms with Crippen molar-refractivity contribution in [1.29, 1.82) is 5.26 Å². The minimum Gasteiger partial charge on any atom is -0.435 e. The molecule has 0 radical (unpaired) electrons. The standard InChI is InChI=1S/C19H15F2N3O3/c20-19(21)27-15-6-3-5-13(10-15)18(26)23-8-9-24(17(25)12-23)16-7-2-1-4-14(16)11-22/h1-7,10,19H,8-9,12H2. The third-order valence-electron chi connectivity index (χ3n) is 4.13. The molecular weight excluding hydrogens is 356 g/mol. The van der Waals surface area contributed by atoms with Crippen LogP contribution in [0.2, 0.25) is 0 Å². The van der Waals surface area contributed by atoms with E-state index in [-0.39, 0.29) is 36.9 Å². The van der Waals surface area contributed by atoms with E-state index in [1.54, 1.807) is 24.3 Å². The number of nitriles is 1. The van der Waals surface area contributed by atoms with Gasteiger partial charge in [-0.25, -0.2) is 0 Å². The number of halogens is 2. The number of benzene rings is 2. The largest absolute Gasteiger partial charge is 0.435 e. The lowest BCUT2D eigenvalue weighted by Crippen LogP contribution is -2.52. The summed E-state index contributed by atoms with van der Waals surface area (Å²) in [6.45, 7) is -2.67. The second-order valence-corrected chi connectivity index (χ2v) is 5.81. The SMILES string of the molecule is N#Cc1ccccc1N1CCN(C(=O)c2cccc(OC(F)F)c2)CC1=O. The van der Waals surface area contributed by atoms with Crippen molar-refractivity contribution >= 4 is 17.5 Å². The van der Waals surface area contributed by atoms with Crippen LogP contribution in [0.3, 0.4) is 0 Å². The third-order valence-corrected chi connectivity index (χ3v) is 4.13. The number of para-hydroxylation sites is 1. The normalized spacial score (nSPS) is 14.2. The van der Waals surface area contributed by atoms with Crippen LogP contribution in [0.5, 0.6) is 5.75 Å². The van der Waals surface area contributed by atoms with Crippen LogP contribution in [0.15, 0.2) is 48.5 Å². The minimum atomic E-state index is -2.99. The number of carbonyl (C=O) groups excluding carboxylic acids is 2. The van der Waals surface area contributed by atoms with Crippen LogP contribution >= 0.6 is 0 Å². The zero-order valence-corrected chi connectivity index (χ0v) is 14.1. The Morgan fingerprint density at radius 3 is 2.63 bits per heavy atom. The van der Waals surface area contributed by atoms with Crippen molar-refractivity contribution < 1.29 is 23.1 Å². The van der Waals surface area contributed by atoms with Crippen molar-refractivity contribution in [3.05, 3.63) is 59.7 Å². The number of hydrogen-bond donors (Lipinski definition) is 0. The summed E-state index contributed by atoms with van der Waals surface area (Å²) in [6, 6.07) is 14.2. The van der Waals surface area contributed by atoms with Crippen molar-refractivity contribution in [3.63, 3.8) is 0 Å². The highest BCUT2D eigenvalue weighted by atomic mass is 19.3. The number of hydrogen-bond acceptors (Lipinski definition) is 4. The minimum absolute atomic E-state index is 0.122. The van der Waals surface area contributed by atoms with E-state index in [1.165, 1.54) is 34.1 Å². The van der Waals surface area contributed by atoms with Crippen molar-refractivity contribution in [3.8, 4) is 11.8 Å². The monoisotopic (exact) mass is 371 g/mol. The Bertz CT molecular complexity index is 911. The van der Waals surface area contributed by atoms with Crippen LogP contribution in [0.1, 0.15) is 15.9 Å². The van der Waals surface area contributed by atoms with Gasteiger partial charge in [0.25, 0.3) is 5.91 Å². The maximum atomic E-state index is 12.6. The fraction of sp³-hybridized carbons (Fsp3) is 0.211. The molecule has 0 N–H and O–H groups in total. The first-order valence-corrected chi connectivity index (χ1v) is 8.13. The molecule has 0 bridgehead atoms. The van der Waals surface area contributed by atoms with E-state index >= 15 is 0 Å². The Morgan fingerprint density at radius 1 is 1.15 bits per heavy atom. The van der Waals surface area contributed by atoms with E-state index in [0.717, 1.165) is 0 Å². The molecular formula is C19H15F2N3O3. The lowest BCUT2D eigenvalue weighted by atomic mass is 10.1. The highest BCUT2D eigenvalue weighted by molar-refractivity contribution is 6.02. The molecule has 27 heavy (non-hydrogen) atoms. The van der Waals surface area contributed by atoms with Gasteiger partial charge in [0.05, 0.1) is 11.3 Å². The molecule has 3 rings (SSSR count). The molecule has 1 aliphatic rings. The predicted octanol–water partition coefficient (Wildman–Crippen LogP) is 2.65. The van der Waals surface area contributed by atoms with Crippen LogP contribution in [-0.4, -0.2) is 43.0 Å². The van der Waals surface area contributed by atoms with E-state index in [9.17, 15) is 23.6 Å². The Hall–Kier alpha value is -3.47. The van der Waals surface area contributed by atoms with Gasteiger partial charge in [-0.15, -0.1) is 0 Å². The Balaban J connectivity index is 1.74. The fourth-order valence-corrected chi connectivity index (χ4v) is 2.89. The number of alkyl halides is 2. The van der Waals surface area contributed by atoms with Crippen molar-refractivity contribution in [2.24, 2.45) is 0 Å². The number of piperazine rings is 1. The van der Waals surface area contributed by atoms with Gasteiger partial charge in [-0.1, -0.05) is 18.2 Å². The second kappa shape index (κ2) is 7.83. The zero-order valence-electron chi connectivity index (χ0n) is 14.1. The average Bonchev–Trinajstić information content (AvgIpc) is 2.67. The Labute approximate surface area is 154 Å². The molecule has 2 amide bonds. The van der Waals surface area contributed by atoms with Crippen LogP contribution < -0.4 is 9.64 Å². The number of nitrogens with zero attached hydrogens (tertiary/aromatic N) is 3. The second-order valence-electron chi connectivity index (χ2n) is 5.81. The quantitative estimate of drug-likeness (QED) is 0.828. The van der Waals surface area contributed by atoms with E-state index < -0.39 is 12.5 Å². The summed E-state index contributed by atoms with van der Waals surface area (Å²) in [5.41, 5.74) is 1.04.